The summed E-state index contributed by atoms with van der Waals surface area (Å²) in [6, 6.07) is 18.1. The molecular weight excluding hydrogens is 520 g/mol. The number of hydrogen-bond acceptors (Lipinski definition) is 5. The Morgan fingerprint density at radius 3 is 2.32 bits per heavy atom. The molecule has 4 rings (SSSR count). The smallest absolute Gasteiger partial charge is 0.338 e. The summed E-state index contributed by atoms with van der Waals surface area (Å²) in [5.74, 6) is -0.644. The molecule has 0 aliphatic heterocycles. The number of carbonyl (C=O) groups is 2. The Labute approximate surface area is 240 Å². The van der Waals surface area contributed by atoms with Gasteiger partial charge in [0.05, 0.1) is 13.2 Å². The number of nitrogens with one attached hydrogen (secondary N) is 2. The molecular formula is C32H40N4O5. The van der Waals surface area contributed by atoms with Crippen molar-refractivity contribution in [3.8, 4) is 0 Å². The maximum Gasteiger partial charge on any atom is 0.338 e. The van der Waals surface area contributed by atoms with Gasteiger partial charge in [0.1, 0.15) is 0 Å². The van der Waals surface area contributed by atoms with E-state index in [1.807, 2.05) is 30.3 Å². The van der Waals surface area contributed by atoms with Gasteiger partial charge in [0.25, 0.3) is 11.5 Å². The van der Waals surface area contributed by atoms with Crippen molar-refractivity contribution in [2.24, 2.45) is 5.41 Å². The lowest BCUT2D eigenvalue weighted by Crippen LogP contribution is -2.49. The van der Waals surface area contributed by atoms with Gasteiger partial charge in [-0.15, -0.1) is 0 Å². The number of carbonyl (C=O) groups excluding carboxylic acids is 2. The van der Waals surface area contributed by atoms with Crippen LogP contribution in [0.15, 0.2) is 76.4 Å². The quantitative estimate of drug-likeness (QED) is 0.341. The minimum absolute atomic E-state index is 0.0194. The van der Waals surface area contributed by atoms with E-state index in [0.29, 0.717) is 44.7 Å². The minimum Gasteiger partial charge on any atom is -0.376 e. The van der Waals surface area contributed by atoms with E-state index in [2.05, 4.69) is 17.6 Å². The lowest BCUT2D eigenvalue weighted by molar-refractivity contribution is -0.00451. The van der Waals surface area contributed by atoms with Gasteiger partial charge in [0, 0.05) is 41.9 Å². The Bertz CT molecular complexity index is 1420. The van der Waals surface area contributed by atoms with Crippen molar-refractivity contribution in [3.63, 3.8) is 0 Å². The SMILES string of the molecule is CCCCNC(=O)NC1CCC(COCc2ccccc2)(Cn2cc(C)c(=O)n(C(=O)c3ccccc3)c2=O)CC1. The van der Waals surface area contributed by atoms with Gasteiger partial charge in [-0.2, -0.15) is 4.57 Å². The third kappa shape index (κ3) is 7.82. The highest BCUT2D eigenvalue weighted by molar-refractivity contribution is 5.95. The third-order valence-corrected chi connectivity index (χ3v) is 7.77. The summed E-state index contributed by atoms with van der Waals surface area (Å²) in [5.41, 5.74) is -0.0532. The summed E-state index contributed by atoms with van der Waals surface area (Å²) in [4.78, 5) is 52.1. The molecule has 218 valence electrons. The molecule has 2 amide bonds. The van der Waals surface area contributed by atoms with Crippen molar-refractivity contribution >= 4 is 11.9 Å². The van der Waals surface area contributed by atoms with Crippen LogP contribution in [0.5, 0.6) is 0 Å². The van der Waals surface area contributed by atoms with Crippen molar-refractivity contribution < 1.29 is 14.3 Å². The average Bonchev–Trinajstić information content (AvgIpc) is 2.98. The van der Waals surface area contributed by atoms with E-state index >= 15 is 0 Å². The van der Waals surface area contributed by atoms with Crippen molar-refractivity contribution in [2.75, 3.05) is 13.2 Å². The van der Waals surface area contributed by atoms with Gasteiger partial charge in [0.15, 0.2) is 0 Å². The van der Waals surface area contributed by atoms with Crippen LogP contribution in [0.25, 0.3) is 0 Å². The highest BCUT2D eigenvalue weighted by Gasteiger charge is 2.37. The zero-order valence-corrected chi connectivity index (χ0v) is 23.9. The molecule has 0 saturated heterocycles. The maximum absolute atomic E-state index is 13.6. The molecule has 0 bridgehead atoms. The molecule has 0 atom stereocenters. The van der Waals surface area contributed by atoms with Crippen LogP contribution in [-0.2, 0) is 17.9 Å². The number of ether oxygens (including phenoxy) is 1. The molecule has 9 nitrogen and oxygen atoms in total. The minimum atomic E-state index is -0.660. The summed E-state index contributed by atoms with van der Waals surface area (Å²) in [6.07, 6.45) is 6.36. The van der Waals surface area contributed by atoms with Crippen LogP contribution >= 0.6 is 0 Å². The standard InChI is InChI=1S/C32H40N4O5/c1-3-4-19-33-30(39)34-27-15-17-32(18-16-27,23-41-21-25-11-7-5-8-12-25)22-35-20-24(2)28(37)36(31(35)40)29(38)26-13-9-6-10-14-26/h5-14,20,27H,3-4,15-19,21-23H2,1-2H3,(H2,33,34,39). The average molecular weight is 561 g/mol. The van der Waals surface area contributed by atoms with E-state index in [1.165, 1.54) is 4.57 Å². The second kappa shape index (κ2) is 14.1. The molecule has 1 saturated carbocycles. The van der Waals surface area contributed by atoms with Gasteiger partial charge < -0.3 is 15.4 Å². The molecule has 1 fully saturated rings. The molecule has 2 N–H and O–H groups in total. The van der Waals surface area contributed by atoms with Crippen molar-refractivity contribution in [1.82, 2.24) is 19.8 Å². The topological polar surface area (TPSA) is 111 Å². The number of unbranched alkanes of at least 4 members (excludes halogenated alkanes) is 1. The zero-order valence-electron chi connectivity index (χ0n) is 23.9. The van der Waals surface area contributed by atoms with E-state index in [0.717, 1.165) is 35.8 Å². The summed E-state index contributed by atoms with van der Waals surface area (Å²) in [5, 5.41) is 5.99. The second-order valence-corrected chi connectivity index (χ2v) is 11.0. The van der Waals surface area contributed by atoms with E-state index in [1.54, 1.807) is 43.5 Å². The predicted molar refractivity (Wildman–Crippen MR) is 158 cm³/mol. The van der Waals surface area contributed by atoms with Crippen LogP contribution < -0.4 is 21.9 Å². The molecule has 1 aliphatic rings. The van der Waals surface area contributed by atoms with Gasteiger partial charge in [-0.05, 0) is 56.7 Å². The summed E-state index contributed by atoms with van der Waals surface area (Å²) >= 11 is 0. The largest absolute Gasteiger partial charge is 0.376 e. The monoisotopic (exact) mass is 560 g/mol. The third-order valence-electron chi connectivity index (χ3n) is 7.77. The first-order valence-electron chi connectivity index (χ1n) is 14.4. The molecule has 0 radical (unpaired) electrons. The lowest BCUT2D eigenvalue weighted by atomic mass is 9.72. The predicted octanol–water partition coefficient (Wildman–Crippen LogP) is 4.25. The molecule has 3 aromatic rings. The first-order chi connectivity index (χ1) is 19.8. The van der Waals surface area contributed by atoms with Gasteiger partial charge in [0.2, 0.25) is 0 Å². The van der Waals surface area contributed by atoms with Crippen molar-refractivity contribution in [2.45, 2.75) is 71.6 Å². The number of nitrogens with zero attached hydrogens (tertiary/aromatic N) is 2. The van der Waals surface area contributed by atoms with Crippen LogP contribution in [-0.4, -0.2) is 40.3 Å². The maximum atomic E-state index is 13.6. The Hall–Kier alpha value is -3.98. The highest BCUT2D eigenvalue weighted by atomic mass is 16.5. The van der Waals surface area contributed by atoms with Crippen LogP contribution in [0.3, 0.4) is 0 Å². The summed E-state index contributed by atoms with van der Waals surface area (Å²) in [6.45, 7) is 5.46. The molecule has 0 spiro atoms. The van der Waals surface area contributed by atoms with Crippen molar-refractivity contribution in [1.29, 1.82) is 0 Å². The molecule has 1 aliphatic carbocycles. The Morgan fingerprint density at radius 2 is 1.66 bits per heavy atom. The number of aromatic nitrogens is 2. The number of rotatable bonds is 11. The Balaban J connectivity index is 1.55. The number of amides is 2. The van der Waals surface area contributed by atoms with Crippen molar-refractivity contribution in [3.05, 3.63) is 104 Å². The molecule has 1 heterocycles. The lowest BCUT2D eigenvalue weighted by Gasteiger charge is -2.40. The first-order valence-corrected chi connectivity index (χ1v) is 14.4. The Kier molecular flexibility index (Phi) is 10.3. The van der Waals surface area contributed by atoms with E-state index in [4.69, 9.17) is 4.74 Å². The van der Waals surface area contributed by atoms with E-state index in [-0.39, 0.29) is 17.6 Å². The fourth-order valence-electron chi connectivity index (χ4n) is 5.40. The first kappa shape index (κ1) is 30.0. The number of benzene rings is 2. The van der Waals surface area contributed by atoms with E-state index < -0.39 is 22.6 Å². The number of aryl methyl sites for hydroxylation is 1. The van der Waals surface area contributed by atoms with Crippen LogP contribution in [0, 0.1) is 12.3 Å². The van der Waals surface area contributed by atoms with Gasteiger partial charge >= 0.3 is 11.7 Å². The van der Waals surface area contributed by atoms with Crippen LogP contribution in [0.1, 0.15) is 66.9 Å². The fourth-order valence-corrected chi connectivity index (χ4v) is 5.40. The molecule has 41 heavy (non-hydrogen) atoms. The van der Waals surface area contributed by atoms with Gasteiger partial charge in [-0.1, -0.05) is 61.9 Å². The Morgan fingerprint density at radius 1 is 1.00 bits per heavy atom. The highest BCUT2D eigenvalue weighted by Crippen LogP contribution is 2.38. The fraction of sp³-hybridized carbons (Fsp3) is 0.438. The summed E-state index contributed by atoms with van der Waals surface area (Å²) in [7, 11) is 0. The zero-order chi connectivity index (χ0) is 29.2. The van der Waals surface area contributed by atoms with E-state index in [9.17, 15) is 19.2 Å². The van der Waals surface area contributed by atoms with Crippen LogP contribution in [0.4, 0.5) is 4.79 Å². The number of urea groups is 1. The molecule has 9 heteroatoms. The summed E-state index contributed by atoms with van der Waals surface area (Å²) < 4.78 is 8.42. The van der Waals surface area contributed by atoms with Gasteiger partial charge in [-0.25, -0.2) is 9.59 Å². The molecule has 2 aromatic carbocycles. The van der Waals surface area contributed by atoms with Crippen LogP contribution in [0.2, 0.25) is 0 Å². The normalized spacial score (nSPS) is 18.5. The molecule has 0 unspecified atom stereocenters. The molecule has 1 aromatic heterocycles. The van der Waals surface area contributed by atoms with Gasteiger partial charge in [-0.3, -0.25) is 14.2 Å². The number of hydrogen-bond donors (Lipinski definition) is 2. The second-order valence-electron chi connectivity index (χ2n) is 11.0.